The normalized spacial score (nSPS) is 23.3. The largest absolute Gasteiger partial charge is 0.465 e. The first-order valence-corrected chi connectivity index (χ1v) is 5.40. The second-order valence-electron chi connectivity index (χ2n) is 3.83. The van der Waals surface area contributed by atoms with Gasteiger partial charge in [0.25, 0.3) is 0 Å². The Kier molecular flexibility index (Phi) is 2.76. The number of rotatable bonds is 3. The minimum Gasteiger partial charge on any atom is -0.465 e. The summed E-state index contributed by atoms with van der Waals surface area (Å²) in [6.07, 6.45) is 11.3. The first-order chi connectivity index (χ1) is 7.07. The summed E-state index contributed by atoms with van der Waals surface area (Å²) in [6.45, 7) is 1.64. The molecule has 0 aliphatic heterocycles. The van der Waals surface area contributed by atoms with Crippen molar-refractivity contribution >= 4 is 12.6 Å². The maximum absolute atomic E-state index is 9.80. The van der Waals surface area contributed by atoms with Crippen molar-refractivity contribution in [3.8, 4) is 0 Å². The fourth-order valence-corrected chi connectivity index (χ4v) is 1.87. The number of ether oxygens (including phenoxy) is 1. The number of hydrogen-bond acceptors (Lipinski definition) is 3. The van der Waals surface area contributed by atoms with Gasteiger partial charge in [0, 0.05) is 18.4 Å². The topological polar surface area (TPSA) is 29.5 Å². The Labute approximate surface area is 95.0 Å². The molecule has 2 rings (SSSR count). The van der Waals surface area contributed by atoms with Crippen LogP contribution in [0.2, 0.25) is 0 Å². The molecule has 0 bridgehead atoms. The summed E-state index contributed by atoms with van der Waals surface area (Å²) < 4.78 is 5.72. The summed E-state index contributed by atoms with van der Waals surface area (Å²) in [5.74, 6) is 1.72. The Bertz CT molecular complexity index is 381. The van der Waals surface area contributed by atoms with E-state index >= 15 is 0 Å². The molecule has 0 saturated heterocycles. The van der Waals surface area contributed by atoms with Crippen LogP contribution in [-0.4, -0.2) is 10.0 Å². The first kappa shape index (κ1) is 10.6. The lowest BCUT2D eigenvalue weighted by Crippen LogP contribution is -2.18. The highest BCUT2D eigenvalue weighted by molar-refractivity contribution is 7.81. The standard InChI is InChI=1S/C12H14O2S/c1-12(13,15)10-7-4-8-11(10)14-9-5-2-3-6-9/h2-5,7,13,15H,6,8H2,1H3. The predicted octanol–water partition coefficient (Wildman–Crippen LogP) is 2.70. The molecule has 0 saturated carbocycles. The maximum Gasteiger partial charge on any atom is 0.133 e. The summed E-state index contributed by atoms with van der Waals surface area (Å²) in [5.41, 5.74) is 0.749. The smallest absolute Gasteiger partial charge is 0.133 e. The van der Waals surface area contributed by atoms with Gasteiger partial charge in [-0.2, -0.15) is 0 Å². The van der Waals surface area contributed by atoms with Crippen molar-refractivity contribution in [2.45, 2.75) is 24.7 Å². The molecular weight excluding hydrogens is 208 g/mol. The quantitative estimate of drug-likeness (QED) is 0.568. The fraction of sp³-hybridized carbons (Fsp3) is 0.333. The van der Waals surface area contributed by atoms with Gasteiger partial charge in [-0.1, -0.05) is 24.3 Å². The second-order valence-corrected chi connectivity index (χ2v) is 4.70. The van der Waals surface area contributed by atoms with Crippen LogP contribution in [0.25, 0.3) is 0 Å². The molecule has 80 valence electrons. The average molecular weight is 222 g/mol. The Morgan fingerprint density at radius 3 is 2.80 bits per heavy atom. The minimum absolute atomic E-state index is 0.726. The third-order valence-electron chi connectivity index (χ3n) is 2.39. The molecule has 1 unspecified atom stereocenters. The van der Waals surface area contributed by atoms with Gasteiger partial charge in [0.2, 0.25) is 0 Å². The van der Waals surface area contributed by atoms with Gasteiger partial charge in [-0.3, -0.25) is 0 Å². The van der Waals surface area contributed by atoms with Crippen LogP contribution in [0, 0.1) is 0 Å². The third kappa shape index (κ3) is 2.36. The van der Waals surface area contributed by atoms with Crippen molar-refractivity contribution in [3.63, 3.8) is 0 Å². The molecule has 0 amide bonds. The lowest BCUT2D eigenvalue weighted by atomic mass is 10.1. The van der Waals surface area contributed by atoms with E-state index in [1.807, 2.05) is 30.4 Å². The highest BCUT2D eigenvalue weighted by Gasteiger charge is 2.26. The molecule has 2 aliphatic carbocycles. The van der Waals surface area contributed by atoms with Gasteiger partial charge >= 0.3 is 0 Å². The van der Waals surface area contributed by atoms with Gasteiger partial charge in [-0.25, -0.2) is 0 Å². The van der Waals surface area contributed by atoms with E-state index in [-0.39, 0.29) is 0 Å². The predicted molar refractivity (Wildman–Crippen MR) is 63.3 cm³/mol. The van der Waals surface area contributed by atoms with Crippen LogP contribution in [0.4, 0.5) is 0 Å². The molecule has 15 heavy (non-hydrogen) atoms. The molecule has 2 aliphatic rings. The molecule has 0 aromatic carbocycles. The monoisotopic (exact) mass is 222 g/mol. The zero-order chi connectivity index (χ0) is 10.9. The van der Waals surface area contributed by atoms with Gasteiger partial charge in [-0.05, 0) is 13.0 Å². The van der Waals surface area contributed by atoms with Crippen LogP contribution >= 0.6 is 12.6 Å². The van der Waals surface area contributed by atoms with E-state index in [2.05, 4.69) is 12.6 Å². The Morgan fingerprint density at radius 2 is 2.20 bits per heavy atom. The number of hydrogen-bond donors (Lipinski definition) is 2. The van der Waals surface area contributed by atoms with E-state index in [0.717, 1.165) is 29.9 Å². The lowest BCUT2D eigenvalue weighted by molar-refractivity contribution is 0.190. The van der Waals surface area contributed by atoms with Crippen LogP contribution in [0.1, 0.15) is 19.8 Å². The molecule has 3 heteroatoms. The van der Waals surface area contributed by atoms with Crippen molar-refractivity contribution in [2.75, 3.05) is 0 Å². The summed E-state index contributed by atoms with van der Waals surface area (Å²) in [5, 5.41) is 9.80. The van der Waals surface area contributed by atoms with E-state index in [1.54, 1.807) is 6.92 Å². The zero-order valence-electron chi connectivity index (χ0n) is 8.60. The van der Waals surface area contributed by atoms with E-state index in [0.29, 0.717) is 0 Å². The molecule has 1 N–H and O–H groups in total. The molecule has 0 heterocycles. The first-order valence-electron chi connectivity index (χ1n) is 4.96. The Hall–Kier alpha value is -0.930. The Balaban J connectivity index is 2.14. The lowest BCUT2D eigenvalue weighted by Gasteiger charge is -2.19. The maximum atomic E-state index is 9.80. The van der Waals surface area contributed by atoms with Gasteiger partial charge < -0.3 is 9.84 Å². The van der Waals surface area contributed by atoms with Crippen molar-refractivity contribution in [3.05, 3.63) is 47.5 Å². The van der Waals surface area contributed by atoms with Crippen molar-refractivity contribution in [2.24, 2.45) is 0 Å². The van der Waals surface area contributed by atoms with Crippen LogP contribution in [0.3, 0.4) is 0 Å². The van der Waals surface area contributed by atoms with Gasteiger partial charge in [0.1, 0.15) is 16.5 Å². The van der Waals surface area contributed by atoms with Crippen molar-refractivity contribution in [1.29, 1.82) is 0 Å². The number of thiol groups is 1. The SMILES string of the molecule is CC(O)(S)C1=C(OC2=CC=CC2)CC=C1. The highest BCUT2D eigenvalue weighted by Crippen LogP contribution is 2.33. The molecule has 0 fully saturated rings. The second kappa shape index (κ2) is 3.91. The summed E-state index contributed by atoms with van der Waals surface area (Å²) >= 11 is 4.14. The van der Waals surface area contributed by atoms with Crippen LogP contribution < -0.4 is 0 Å². The van der Waals surface area contributed by atoms with Crippen molar-refractivity contribution in [1.82, 2.24) is 0 Å². The van der Waals surface area contributed by atoms with Gasteiger partial charge in [0.05, 0.1) is 0 Å². The molecule has 0 radical (unpaired) electrons. The number of allylic oxidation sites excluding steroid dienone is 4. The van der Waals surface area contributed by atoms with E-state index < -0.39 is 4.93 Å². The third-order valence-corrected chi connectivity index (χ3v) is 2.63. The van der Waals surface area contributed by atoms with E-state index in [1.165, 1.54) is 0 Å². The van der Waals surface area contributed by atoms with Crippen molar-refractivity contribution < 1.29 is 9.84 Å². The van der Waals surface area contributed by atoms with Crippen LogP contribution in [0.15, 0.2) is 47.5 Å². The van der Waals surface area contributed by atoms with Gasteiger partial charge in [-0.15, -0.1) is 12.6 Å². The average Bonchev–Trinajstić information content (AvgIpc) is 2.73. The van der Waals surface area contributed by atoms with Crippen LogP contribution in [-0.2, 0) is 4.74 Å². The van der Waals surface area contributed by atoms with Gasteiger partial charge in [0.15, 0.2) is 0 Å². The molecule has 1 atom stereocenters. The zero-order valence-corrected chi connectivity index (χ0v) is 9.50. The molecule has 0 aromatic rings. The summed E-state index contributed by atoms with van der Waals surface area (Å²) in [7, 11) is 0. The summed E-state index contributed by atoms with van der Waals surface area (Å²) in [6, 6.07) is 0. The Morgan fingerprint density at radius 1 is 1.40 bits per heavy atom. The summed E-state index contributed by atoms with van der Waals surface area (Å²) in [4.78, 5) is -1.13. The van der Waals surface area contributed by atoms with E-state index in [4.69, 9.17) is 4.74 Å². The molecular formula is C12H14O2S. The molecule has 0 spiro atoms. The fourth-order valence-electron chi connectivity index (χ4n) is 1.67. The number of aliphatic hydroxyl groups is 1. The molecule has 2 nitrogen and oxygen atoms in total. The minimum atomic E-state index is -1.13. The molecule has 0 aromatic heterocycles. The van der Waals surface area contributed by atoms with E-state index in [9.17, 15) is 5.11 Å². The highest BCUT2D eigenvalue weighted by atomic mass is 32.1. The van der Waals surface area contributed by atoms with Crippen LogP contribution in [0.5, 0.6) is 0 Å².